The maximum atomic E-state index is 11.4. The number of nitrogens with zero attached hydrogens (tertiary/aromatic N) is 3. The summed E-state index contributed by atoms with van der Waals surface area (Å²) in [7, 11) is -2.64. The summed E-state index contributed by atoms with van der Waals surface area (Å²) >= 11 is 0. The average Bonchev–Trinajstić information content (AvgIpc) is 2.59. The number of aliphatic imine (C=N–C) groups is 1. The van der Waals surface area contributed by atoms with Gasteiger partial charge in [0.1, 0.15) is 5.70 Å². The van der Waals surface area contributed by atoms with Crippen LogP contribution in [0.2, 0.25) is 0 Å². The zero-order chi connectivity index (χ0) is 17.1. The second-order valence-corrected chi connectivity index (χ2v) is 6.28. The Bertz CT molecular complexity index is 837. The minimum atomic E-state index is -2.64. The Morgan fingerprint density at radius 1 is 1.38 bits per heavy atom. The first kappa shape index (κ1) is 16.3. The van der Waals surface area contributed by atoms with Crippen LogP contribution in [0.25, 0.3) is 0 Å². The highest BCUT2D eigenvalue weighted by Crippen LogP contribution is 2.27. The van der Waals surface area contributed by atoms with E-state index >= 15 is 0 Å². The van der Waals surface area contributed by atoms with E-state index in [1.165, 1.54) is 0 Å². The fraction of sp³-hybridized carbons (Fsp3) is 0.333. The van der Waals surface area contributed by atoms with Crippen LogP contribution in [-0.4, -0.2) is 53.8 Å². The number of carbonyl (C=O) groups is 1. The minimum absolute atomic E-state index is 0.0142. The predicted molar refractivity (Wildman–Crippen MR) is 83.5 cm³/mol. The van der Waals surface area contributed by atoms with Crippen LogP contribution >= 0.6 is 0 Å². The summed E-state index contributed by atoms with van der Waals surface area (Å²) in [4.78, 5) is 21.3. The zero-order valence-corrected chi connectivity index (χ0v) is 13.5. The van der Waals surface area contributed by atoms with E-state index in [9.17, 15) is 18.3 Å². The number of carboxylic acid groups (broad SMARTS) is 1. The first-order valence-corrected chi connectivity index (χ1v) is 8.37. The van der Waals surface area contributed by atoms with Crippen LogP contribution in [0.15, 0.2) is 46.7 Å². The summed E-state index contributed by atoms with van der Waals surface area (Å²) in [5.74, 6) is -1.19. The lowest BCUT2D eigenvalue weighted by atomic mass is 10.0. The molecule has 1 aromatic carbocycles. The highest BCUT2D eigenvalue weighted by Gasteiger charge is 2.41. The third-order valence-electron chi connectivity index (χ3n) is 3.88. The molecular formula is C15H16N3O5S+. The fourth-order valence-electron chi connectivity index (χ4n) is 2.66. The lowest BCUT2D eigenvalue weighted by Gasteiger charge is -2.30. The normalized spacial score (nSPS) is 20.1. The number of rotatable bonds is 4. The summed E-state index contributed by atoms with van der Waals surface area (Å²) in [5, 5.41) is 10.8. The van der Waals surface area contributed by atoms with E-state index in [1.54, 1.807) is 11.3 Å². The van der Waals surface area contributed by atoms with E-state index in [1.807, 2.05) is 30.3 Å². The monoisotopic (exact) mass is 350 g/mol. The molecule has 1 unspecified atom stereocenters. The fourth-order valence-corrected chi connectivity index (χ4v) is 3.26. The van der Waals surface area contributed by atoms with Crippen LogP contribution in [0.3, 0.4) is 0 Å². The number of hydrogen-bond donors (Lipinski definition) is 1. The summed E-state index contributed by atoms with van der Waals surface area (Å²) < 4.78 is 23.6. The molecule has 0 fully saturated rings. The van der Waals surface area contributed by atoms with Crippen molar-refractivity contribution in [2.24, 2.45) is 4.99 Å². The Labute approximate surface area is 139 Å². The highest BCUT2D eigenvalue weighted by molar-refractivity contribution is 7.58. The lowest BCUT2D eigenvalue weighted by molar-refractivity contribution is -0.531. The number of benzene rings is 1. The van der Waals surface area contributed by atoms with Crippen LogP contribution in [0, 0.1) is 0 Å². The van der Waals surface area contributed by atoms with E-state index in [2.05, 4.69) is 4.99 Å². The van der Waals surface area contributed by atoms with Gasteiger partial charge in [-0.3, -0.25) is 9.83 Å². The molecule has 2 heterocycles. The standard InChI is InChI=1S/C15H15N3O5S/c19-15(20)13-8-12-14(9-18(13)24(21)22)17(7-6-16-12)23-10-11-4-2-1-3-5-11/h1-6,13H,7-10H2/p+1. The van der Waals surface area contributed by atoms with Gasteiger partial charge in [0.05, 0.1) is 25.3 Å². The van der Waals surface area contributed by atoms with Gasteiger partial charge in [-0.05, 0) is 5.56 Å². The van der Waals surface area contributed by atoms with Crippen LogP contribution < -0.4 is 0 Å². The van der Waals surface area contributed by atoms with Crippen LogP contribution in [-0.2, 0) is 26.7 Å². The second-order valence-electron chi connectivity index (χ2n) is 5.38. The molecule has 3 rings (SSSR count). The quantitative estimate of drug-likeness (QED) is 0.801. The summed E-state index contributed by atoms with van der Waals surface area (Å²) in [6.45, 7) is 0.631. The third kappa shape index (κ3) is 3.36. The maximum Gasteiger partial charge on any atom is 0.460 e. The van der Waals surface area contributed by atoms with Crippen molar-refractivity contribution < 1.29 is 27.1 Å². The molecular weight excluding hydrogens is 334 g/mol. The SMILES string of the molecule is O=C(O)C1CC2=C(C[N+]1=S(=O)=O)N(OCc1ccccc1)CC=N2. The molecule has 1 N–H and O–H groups in total. The molecule has 0 aromatic heterocycles. The van der Waals surface area contributed by atoms with E-state index in [0.717, 1.165) is 9.51 Å². The first-order chi connectivity index (χ1) is 11.6. The number of aliphatic carboxylic acids is 1. The largest absolute Gasteiger partial charge is 0.476 e. The van der Waals surface area contributed by atoms with Crippen molar-refractivity contribution in [1.29, 1.82) is 0 Å². The molecule has 9 heteroatoms. The molecule has 8 nitrogen and oxygen atoms in total. The molecule has 1 atom stereocenters. The Morgan fingerprint density at radius 3 is 2.79 bits per heavy atom. The Morgan fingerprint density at radius 2 is 2.12 bits per heavy atom. The molecule has 2 aliphatic rings. The molecule has 0 aliphatic carbocycles. The Hall–Kier alpha value is -2.52. The molecule has 0 saturated heterocycles. The van der Waals surface area contributed by atoms with Gasteiger partial charge in [-0.1, -0.05) is 34.3 Å². The first-order valence-electron chi connectivity index (χ1n) is 7.34. The van der Waals surface area contributed by atoms with Crippen LogP contribution in [0.4, 0.5) is 0 Å². The molecule has 1 aromatic rings. The maximum absolute atomic E-state index is 11.4. The number of hydrogen-bond acceptors (Lipinski definition) is 6. The van der Waals surface area contributed by atoms with Crippen molar-refractivity contribution in [2.75, 3.05) is 13.1 Å². The van der Waals surface area contributed by atoms with E-state index in [-0.39, 0.29) is 13.0 Å². The van der Waals surface area contributed by atoms with Crippen molar-refractivity contribution in [3.63, 3.8) is 0 Å². The van der Waals surface area contributed by atoms with Crippen LogP contribution in [0.5, 0.6) is 0 Å². The highest BCUT2D eigenvalue weighted by atomic mass is 32.2. The van der Waals surface area contributed by atoms with Crippen molar-refractivity contribution in [3.8, 4) is 0 Å². The van der Waals surface area contributed by atoms with Crippen molar-refractivity contribution in [1.82, 2.24) is 5.06 Å². The van der Waals surface area contributed by atoms with Gasteiger partial charge in [-0.15, -0.1) is 8.42 Å². The van der Waals surface area contributed by atoms with Gasteiger partial charge in [-0.25, -0.2) is 9.86 Å². The average molecular weight is 350 g/mol. The summed E-state index contributed by atoms with van der Waals surface area (Å²) in [5.41, 5.74) is 2.10. The van der Waals surface area contributed by atoms with Crippen molar-refractivity contribution in [2.45, 2.75) is 19.1 Å². The van der Waals surface area contributed by atoms with Gasteiger partial charge in [0.2, 0.25) is 6.54 Å². The van der Waals surface area contributed by atoms with Gasteiger partial charge in [-0.2, -0.15) is 0 Å². The van der Waals surface area contributed by atoms with Crippen molar-refractivity contribution >= 4 is 22.7 Å². The van der Waals surface area contributed by atoms with Gasteiger partial charge < -0.3 is 5.11 Å². The van der Waals surface area contributed by atoms with Gasteiger partial charge >= 0.3 is 16.5 Å². The molecule has 126 valence electrons. The molecule has 0 spiro atoms. The lowest BCUT2D eigenvalue weighted by Crippen LogP contribution is -2.44. The molecule has 0 bridgehead atoms. The van der Waals surface area contributed by atoms with Gasteiger partial charge in [0, 0.05) is 6.21 Å². The Balaban J connectivity index is 1.83. The molecule has 0 radical (unpaired) electrons. The molecule has 0 saturated carbocycles. The summed E-state index contributed by atoms with van der Waals surface area (Å²) in [6, 6.07) is 8.42. The molecule has 2 aliphatic heterocycles. The summed E-state index contributed by atoms with van der Waals surface area (Å²) in [6.07, 6.45) is 1.65. The van der Waals surface area contributed by atoms with E-state index in [0.29, 0.717) is 24.5 Å². The Kier molecular flexibility index (Phi) is 4.72. The second kappa shape index (κ2) is 6.93. The molecule has 0 amide bonds. The topological polar surface area (TPSA) is 99.3 Å². The third-order valence-corrected chi connectivity index (χ3v) is 4.64. The predicted octanol–water partition coefficient (Wildman–Crippen LogP) is 0.648. The zero-order valence-electron chi connectivity index (χ0n) is 12.7. The van der Waals surface area contributed by atoms with Crippen molar-refractivity contribution in [3.05, 3.63) is 47.3 Å². The molecule has 24 heavy (non-hydrogen) atoms. The van der Waals surface area contributed by atoms with E-state index < -0.39 is 22.5 Å². The smallest absolute Gasteiger partial charge is 0.460 e. The van der Waals surface area contributed by atoms with Gasteiger partial charge in [0.25, 0.3) is 6.04 Å². The number of carboxylic acids is 1. The van der Waals surface area contributed by atoms with Gasteiger partial charge in [0.15, 0.2) is 0 Å². The van der Waals surface area contributed by atoms with E-state index in [4.69, 9.17) is 4.84 Å². The number of hydroxylamine groups is 2. The minimum Gasteiger partial charge on any atom is -0.476 e. The van der Waals surface area contributed by atoms with Crippen LogP contribution in [0.1, 0.15) is 12.0 Å².